The molecular formula is C16H23N3O2. The second-order valence-corrected chi connectivity index (χ2v) is 6.14. The molecule has 1 aliphatic carbocycles. The molecule has 0 unspecified atom stereocenters. The largest absolute Gasteiger partial charge is 0.495 e. The normalized spacial score (nSPS) is 28.0. The van der Waals surface area contributed by atoms with Crippen LogP contribution in [-0.4, -0.2) is 26.1 Å². The molecule has 2 aliphatic rings. The molecule has 0 aromatic heterocycles. The smallest absolute Gasteiger partial charge is 0.232 e. The van der Waals surface area contributed by atoms with Crippen molar-refractivity contribution >= 4 is 17.3 Å². The minimum absolute atomic E-state index is 0.127. The minimum Gasteiger partial charge on any atom is -0.495 e. The van der Waals surface area contributed by atoms with E-state index in [0.29, 0.717) is 17.4 Å². The van der Waals surface area contributed by atoms with Gasteiger partial charge in [0.1, 0.15) is 5.75 Å². The van der Waals surface area contributed by atoms with Gasteiger partial charge in [-0.05, 0) is 43.5 Å². The number of carbonyl (C=O) groups excluding carboxylic acids is 1. The molecule has 2 fully saturated rings. The molecule has 0 spiro atoms. The quantitative estimate of drug-likeness (QED) is 0.744. The van der Waals surface area contributed by atoms with Gasteiger partial charge in [-0.25, -0.2) is 0 Å². The molecule has 1 aliphatic heterocycles. The summed E-state index contributed by atoms with van der Waals surface area (Å²) in [6, 6.07) is 5.38. The number of rotatable bonds is 3. The summed E-state index contributed by atoms with van der Waals surface area (Å²) < 4.78 is 5.14. The zero-order valence-corrected chi connectivity index (χ0v) is 12.4. The van der Waals surface area contributed by atoms with E-state index in [1.165, 1.54) is 6.42 Å². The van der Waals surface area contributed by atoms with Gasteiger partial charge >= 0.3 is 0 Å². The second kappa shape index (κ2) is 5.56. The van der Waals surface area contributed by atoms with Gasteiger partial charge < -0.3 is 21.1 Å². The Bertz CT molecular complexity index is 546. The molecule has 3 rings (SSSR count). The van der Waals surface area contributed by atoms with E-state index < -0.39 is 0 Å². The summed E-state index contributed by atoms with van der Waals surface area (Å²) in [5.41, 5.74) is 6.94. The first-order chi connectivity index (χ1) is 10.2. The number of methoxy groups -OCH3 is 1. The molecule has 5 heteroatoms. The fourth-order valence-corrected chi connectivity index (χ4v) is 3.76. The van der Waals surface area contributed by atoms with Crippen LogP contribution in [0.1, 0.15) is 25.7 Å². The highest BCUT2D eigenvalue weighted by molar-refractivity contribution is 5.96. The van der Waals surface area contributed by atoms with Crippen molar-refractivity contribution in [2.45, 2.75) is 25.7 Å². The molecule has 1 heterocycles. The molecular weight excluding hydrogens is 266 g/mol. The molecule has 1 amide bonds. The van der Waals surface area contributed by atoms with Crippen molar-refractivity contribution in [3.05, 3.63) is 18.2 Å². The molecule has 21 heavy (non-hydrogen) atoms. The van der Waals surface area contributed by atoms with E-state index in [1.807, 2.05) is 6.07 Å². The third-order valence-corrected chi connectivity index (χ3v) is 4.98. The van der Waals surface area contributed by atoms with Gasteiger partial charge in [0, 0.05) is 12.2 Å². The monoisotopic (exact) mass is 289 g/mol. The standard InChI is InChI=1S/C16H23N3O2/c1-21-14-6-5-12(8-13(14)17)19-15(20)16-7-3-2-4-11(16)9-18-10-16/h5-6,8,11,18H,2-4,7,9-10,17H2,1H3,(H,19,20)/t11-,16+/m0/s1. The lowest BCUT2D eigenvalue weighted by Crippen LogP contribution is -2.44. The predicted octanol–water partition coefficient (Wildman–Crippen LogP) is 2.00. The van der Waals surface area contributed by atoms with Crippen LogP contribution in [0.15, 0.2) is 18.2 Å². The van der Waals surface area contributed by atoms with Crippen LogP contribution in [0.3, 0.4) is 0 Å². The number of benzene rings is 1. The molecule has 1 aromatic rings. The van der Waals surface area contributed by atoms with Crippen LogP contribution in [0.4, 0.5) is 11.4 Å². The van der Waals surface area contributed by atoms with Crippen LogP contribution >= 0.6 is 0 Å². The number of nitrogens with two attached hydrogens (primary N) is 1. The fraction of sp³-hybridized carbons (Fsp3) is 0.562. The summed E-state index contributed by atoms with van der Waals surface area (Å²) in [7, 11) is 1.58. The van der Waals surface area contributed by atoms with E-state index >= 15 is 0 Å². The van der Waals surface area contributed by atoms with Crippen molar-refractivity contribution in [3.63, 3.8) is 0 Å². The summed E-state index contributed by atoms with van der Waals surface area (Å²) in [5, 5.41) is 6.45. The summed E-state index contributed by atoms with van der Waals surface area (Å²) in [5.74, 6) is 1.22. The zero-order valence-electron chi connectivity index (χ0n) is 12.4. The highest BCUT2D eigenvalue weighted by Crippen LogP contribution is 2.44. The number of anilines is 2. The number of fused-ring (bicyclic) bond motifs is 1. The van der Waals surface area contributed by atoms with Crippen molar-refractivity contribution in [3.8, 4) is 5.75 Å². The van der Waals surface area contributed by atoms with Crippen LogP contribution in [0.5, 0.6) is 5.75 Å². The maximum Gasteiger partial charge on any atom is 0.232 e. The molecule has 2 atom stereocenters. The molecule has 0 bridgehead atoms. The summed E-state index contributed by atoms with van der Waals surface area (Å²) in [4.78, 5) is 12.8. The van der Waals surface area contributed by atoms with Crippen LogP contribution in [0.2, 0.25) is 0 Å². The van der Waals surface area contributed by atoms with Crippen LogP contribution in [0, 0.1) is 11.3 Å². The Morgan fingerprint density at radius 1 is 1.48 bits per heavy atom. The number of amides is 1. The molecule has 0 radical (unpaired) electrons. The van der Waals surface area contributed by atoms with E-state index in [1.54, 1.807) is 19.2 Å². The Labute approximate surface area is 125 Å². The summed E-state index contributed by atoms with van der Waals surface area (Å²) in [6.07, 6.45) is 4.49. The van der Waals surface area contributed by atoms with Crippen molar-refractivity contribution in [2.75, 3.05) is 31.2 Å². The Kier molecular flexibility index (Phi) is 3.76. The van der Waals surface area contributed by atoms with E-state index in [4.69, 9.17) is 10.5 Å². The average molecular weight is 289 g/mol. The molecule has 1 saturated carbocycles. The van der Waals surface area contributed by atoms with Crippen LogP contribution < -0.4 is 21.1 Å². The van der Waals surface area contributed by atoms with Gasteiger partial charge in [0.05, 0.1) is 18.2 Å². The first kappa shape index (κ1) is 14.2. The number of carbonyl (C=O) groups is 1. The lowest BCUT2D eigenvalue weighted by atomic mass is 9.67. The Morgan fingerprint density at radius 3 is 3.10 bits per heavy atom. The van der Waals surface area contributed by atoms with Crippen molar-refractivity contribution in [1.82, 2.24) is 5.32 Å². The van der Waals surface area contributed by atoms with E-state index in [-0.39, 0.29) is 11.3 Å². The summed E-state index contributed by atoms with van der Waals surface area (Å²) >= 11 is 0. The number of hydrogen-bond donors (Lipinski definition) is 3. The third-order valence-electron chi connectivity index (χ3n) is 4.98. The van der Waals surface area contributed by atoms with Gasteiger partial charge in [-0.15, -0.1) is 0 Å². The number of nitrogen functional groups attached to an aromatic ring is 1. The van der Waals surface area contributed by atoms with Crippen LogP contribution in [-0.2, 0) is 4.79 Å². The van der Waals surface area contributed by atoms with E-state index in [9.17, 15) is 4.79 Å². The first-order valence-corrected chi connectivity index (χ1v) is 7.61. The Balaban J connectivity index is 1.78. The van der Waals surface area contributed by atoms with Gasteiger partial charge in [-0.1, -0.05) is 12.8 Å². The summed E-state index contributed by atoms with van der Waals surface area (Å²) in [6.45, 7) is 1.74. The molecule has 114 valence electrons. The van der Waals surface area contributed by atoms with Crippen molar-refractivity contribution in [1.29, 1.82) is 0 Å². The minimum atomic E-state index is -0.243. The van der Waals surface area contributed by atoms with Gasteiger partial charge in [0.25, 0.3) is 0 Å². The lowest BCUT2D eigenvalue weighted by molar-refractivity contribution is -0.128. The maximum absolute atomic E-state index is 12.8. The number of nitrogens with one attached hydrogen (secondary N) is 2. The predicted molar refractivity (Wildman–Crippen MR) is 83.3 cm³/mol. The second-order valence-electron chi connectivity index (χ2n) is 6.14. The molecule has 4 N–H and O–H groups in total. The lowest BCUT2D eigenvalue weighted by Gasteiger charge is -2.37. The van der Waals surface area contributed by atoms with Crippen molar-refractivity contribution < 1.29 is 9.53 Å². The maximum atomic E-state index is 12.8. The Morgan fingerprint density at radius 2 is 2.33 bits per heavy atom. The van der Waals surface area contributed by atoms with Crippen molar-refractivity contribution in [2.24, 2.45) is 11.3 Å². The van der Waals surface area contributed by atoms with Gasteiger partial charge in [0.2, 0.25) is 5.91 Å². The highest BCUT2D eigenvalue weighted by Gasteiger charge is 2.49. The van der Waals surface area contributed by atoms with Gasteiger partial charge in [0.15, 0.2) is 0 Å². The zero-order chi connectivity index (χ0) is 14.9. The van der Waals surface area contributed by atoms with E-state index in [0.717, 1.165) is 38.0 Å². The Hall–Kier alpha value is -1.75. The SMILES string of the molecule is COc1ccc(NC(=O)[C@@]23CCCC[C@H]2CNC3)cc1N. The van der Waals surface area contributed by atoms with Gasteiger partial charge in [-0.2, -0.15) is 0 Å². The fourth-order valence-electron chi connectivity index (χ4n) is 3.76. The number of ether oxygens (including phenoxy) is 1. The third kappa shape index (κ3) is 2.46. The molecule has 5 nitrogen and oxygen atoms in total. The van der Waals surface area contributed by atoms with Gasteiger partial charge in [-0.3, -0.25) is 4.79 Å². The first-order valence-electron chi connectivity index (χ1n) is 7.61. The topological polar surface area (TPSA) is 76.4 Å². The molecule has 1 aromatic carbocycles. The average Bonchev–Trinajstić information content (AvgIpc) is 2.92. The van der Waals surface area contributed by atoms with E-state index in [2.05, 4.69) is 10.6 Å². The highest BCUT2D eigenvalue weighted by atomic mass is 16.5. The van der Waals surface area contributed by atoms with Crippen LogP contribution in [0.25, 0.3) is 0 Å². The molecule has 1 saturated heterocycles. The number of hydrogen-bond acceptors (Lipinski definition) is 4.